The summed E-state index contributed by atoms with van der Waals surface area (Å²) in [5, 5.41) is 44.5. The lowest BCUT2D eigenvalue weighted by molar-refractivity contribution is -0.953. The van der Waals surface area contributed by atoms with Gasteiger partial charge in [0.15, 0.2) is 0 Å². The van der Waals surface area contributed by atoms with E-state index in [1.807, 2.05) is 52.0 Å². The number of hydrogen-bond acceptors (Lipinski definition) is 8. The van der Waals surface area contributed by atoms with E-state index < -0.39 is 24.4 Å². The van der Waals surface area contributed by atoms with Gasteiger partial charge in [0.1, 0.15) is 89.9 Å². The molecule has 0 radical (unpaired) electrons. The lowest BCUT2D eigenvalue weighted by atomic mass is 10.0. The molecule has 0 saturated carbocycles. The number of carbonyl (C=O) groups excluding carboxylic acids is 4. The van der Waals surface area contributed by atoms with Crippen molar-refractivity contribution in [1.82, 2.24) is 0 Å². The average Bonchev–Trinajstić information content (AvgIpc) is 3.27. The van der Waals surface area contributed by atoms with Crippen molar-refractivity contribution >= 4 is 23.6 Å². The van der Waals surface area contributed by atoms with Gasteiger partial charge in [0.05, 0.1) is 34.3 Å². The van der Waals surface area contributed by atoms with Crippen LogP contribution in [0.5, 0.6) is 0 Å². The molecule has 4 amide bonds. The molecule has 0 bridgehead atoms. The van der Waals surface area contributed by atoms with E-state index >= 15 is 4.79 Å². The van der Waals surface area contributed by atoms with Gasteiger partial charge in [0, 0.05) is 0 Å². The fraction of sp³-hybridized carbons (Fsp3) is 0.462. The number of aliphatic hydroxyl groups excluding tert-OH is 4. The normalized spacial score (nSPS) is 17.5. The summed E-state index contributed by atoms with van der Waals surface area (Å²) in [5.41, 5.74) is 1.70. The molecular weight excluding hydrogens is 809 g/mol. The highest BCUT2D eigenvalue weighted by Crippen LogP contribution is 2.29. The molecule has 4 N–H and O–H groups in total. The van der Waals surface area contributed by atoms with Gasteiger partial charge in [-0.05, 0) is 104 Å². The van der Waals surface area contributed by atoms with Crippen molar-refractivity contribution in [3.05, 3.63) is 144 Å². The Balaban J connectivity index is 2.06. The Labute approximate surface area is 381 Å². The minimum absolute atomic E-state index is 0.00245. The second-order valence-corrected chi connectivity index (χ2v) is 18.7. The third kappa shape index (κ3) is 12.5. The van der Waals surface area contributed by atoms with Crippen LogP contribution in [0.25, 0.3) is 0 Å². The zero-order valence-corrected chi connectivity index (χ0v) is 39.3. The summed E-state index contributed by atoms with van der Waals surface area (Å²) in [5.74, 6) is -1.05. The Bertz CT molecular complexity index is 2000. The van der Waals surface area contributed by atoms with Gasteiger partial charge >= 0.3 is 23.6 Å². The summed E-state index contributed by atoms with van der Waals surface area (Å²) in [7, 11) is 0. The van der Waals surface area contributed by atoms with E-state index in [2.05, 4.69) is 0 Å². The van der Waals surface area contributed by atoms with Crippen LogP contribution in [0.1, 0.15) is 96.8 Å². The second kappa shape index (κ2) is 22.9. The number of aliphatic hydroxyl groups is 4. The Morgan fingerprint density at radius 2 is 0.578 bits per heavy atom. The number of nitrogens with zero attached hydrogens (tertiary/aromatic N) is 4. The quantitative estimate of drug-likeness (QED) is 0.0669. The molecule has 346 valence electrons. The van der Waals surface area contributed by atoms with E-state index in [-0.39, 0.29) is 119 Å². The summed E-state index contributed by atoms with van der Waals surface area (Å²) in [6, 6.07) is 34.8. The average molecular weight is 883 g/mol. The van der Waals surface area contributed by atoms with Gasteiger partial charge in [-0.3, -0.25) is 0 Å². The van der Waals surface area contributed by atoms with E-state index in [1.165, 1.54) is 0 Å². The topological polar surface area (TPSA) is 149 Å². The summed E-state index contributed by atoms with van der Waals surface area (Å²) < 4.78 is -1.12. The Hall–Kier alpha value is -4.76. The molecule has 4 aromatic carbocycles. The third-order valence-corrected chi connectivity index (χ3v) is 12.9. The summed E-state index contributed by atoms with van der Waals surface area (Å²) in [6.45, 7) is 14.5. The van der Waals surface area contributed by atoms with Crippen molar-refractivity contribution in [2.45, 2.75) is 91.9 Å². The largest absolute Gasteiger partial charge is 0.388 e. The monoisotopic (exact) mass is 883 g/mol. The molecule has 0 aliphatic carbocycles. The zero-order valence-electron chi connectivity index (χ0n) is 39.3. The molecule has 0 saturated heterocycles. The molecule has 64 heavy (non-hydrogen) atoms. The molecule has 0 aliphatic heterocycles. The molecule has 12 nitrogen and oxygen atoms in total. The van der Waals surface area contributed by atoms with E-state index in [4.69, 9.17) is 0 Å². The van der Waals surface area contributed by atoms with Crippen molar-refractivity contribution in [3.8, 4) is 0 Å². The van der Waals surface area contributed by atoms with Gasteiger partial charge in [-0.1, -0.05) is 72.8 Å². The van der Waals surface area contributed by atoms with Gasteiger partial charge in [-0.15, -0.1) is 0 Å². The van der Waals surface area contributed by atoms with Gasteiger partial charge in [0.2, 0.25) is 0 Å². The van der Waals surface area contributed by atoms with Crippen molar-refractivity contribution < 1.29 is 57.5 Å². The number of carbonyl (C=O) groups is 4. The third-order valence-electron chi connectivity index (χ3n) is 12.9. The number of rotatable bonds is 23. The van der Waals surface area contributed by atoms with E-state index in [0.29, 0.717) is 22.3 Å². The van der Waals surface area contributed by atoms with E-state index in [0.717, 1.165) is 0 Å². The second-order valence-electron chi connectivity index (χ2n) is 18.7. The smallest absolute Gasteiger partial charge is 0.346 e. The van der Waals surface area contributed by atoms with Crippen molar-refractivity contribution in [1.29, 1.82) is 0 Å². The van der Waals surface area contributed by atoms with Crippen LogP contribution in [0.3, 0.4) is 0 Å². The standard InChI is InChI=1S/C52H74N4O8/c1-39(2)55(37-43(7)59,51(63)47-25-17-11-18-26-47)33-31-53(49(61)45-21-13-9-14-22-45,32-34-56(40(3)4,38-44(8)60)52(64)48-27-19-12-20-28-48)29-30-54(35-41(5)57,36-42(6)58)50(62)46-23-15-10-16-24-46/h9-28,39-44,57-60H,29-38H2,1-8H3/q+4. The minimum atomic E-state index is -0.974. The maximum absolute atomic E-state index is 15.9. The first-order chi connectivity index (χ1) is 30.2. The summed E-state index contributed by atoms with van der Waals surface area (Å²) in [6.07, 6.45) is -3.74. The van der Waals surface area contributed by atoms with Gasteiger partial charge in [0.25, 0.3) is 0 Å². The van der Waals surface area contributed by atoms with E-state index in [1.54, 1.807) is 125 Å². The van der Waals surface area contributed by atoms with Crippen LogP contribution < -0.4 is 0 Å². The molecule has 0 heterocycles. The van der Waals surface area contributed by atoms with Crippen LogP contribution in [0.15, 0.2) is 121 Å². The first-order valence-corrected chi connectivity index (χ1v) is 22.8. The maximum atomic E-state index is 15.9. The lowest BCUT2D eigenvalue weighted by Crippen LogP contribution is -2.70. The van der Waals surface area contributed by atoms with Crippen LogP contribution in [-0.4, -0.2) is 164 Å². The molecule has 6 atom stereocenters. The summed E-state index contributed by atoms with van der Waals surface area (Å²) in [4.78, 5) is 60.8. The molecule has 0 aromatic heterocycles. The Morgan fingerprint density at radius 1 is 0.344 bits per heavy atom. The van der Waals surface area contributed by atoms with Crippen LogP contribution in [0, 0.1) is 0 Å². The van der Waals surface area contributed by atoms with Gasteiger partial charge in [-0.25, -0.2) is 37.1 Å². The zero-order chi connectivity index (χ0) is 47.3. The fourth-order valence-corrected chi connectivity index (χ4v) is 9.59. The number of benzene rings is 4. The maximum Gasteiger partial charge on any atom is 0.346 e. The molecule has 0 fully saturated rings. The molecular formula is C52H74N4O8+4. The predicted octanol–water partition coefficient (Wildman–Crippen LogP) is 5.96. The molecule has 6 unspecified atom stereocenters. The van der Waals surface area contributed by atoms with Crippen LogP contribution in [-0.2, 0) is 0 Å². The first kappa shape index (κ1) is 51.9. The SMILES string of the molecule is CC(O)C[N+](CC[N+](CC[N+](CC(C)O)(C(=O)c1ccccc1)C(C)C)(CC[N+](CC(C)O)(C(=O)c1ccccc1)C(C)C)C(=O)c1ccccc1)(CC(C)O)C(=O)c1ccccc1. The van der Waals surface area contributed by atoms with Crippen LogP contribution in [0.2, 0.25) is 0 Å². The molecule has 12 heteroatoms. The Kier molecular flexibility index (Phi) is 18.6. The predicted molar refractivity (Wildman–Crippen MR) is 250 cm³/mol. The highest BCUT2D eigenvalue weighted by Gasteiger charge is 2.52. The first-order valence-electron chi connectivity index (χ1n) is 22.8. The number of quaternary nitrogens is 4. The van der Waals surface area contributed by atoms with Gasteiger partial charge in [-0.2, -0.15) is 0 Å². The van der Waals surface area contributed by atoms with E-state index in [9.17, 15) is 34.8 Å². The van der Waals surface area contributed by atoms with Crippen LogP contribution in [0.4, 0.5) is 0 Å². The highest BCUT2D eigenvalue weighted by molar-refractivity contribution is 5.91. The lowest BCUT2D eigenvalue weighted by Gasteiger charge is -2.47. The van der Waals surface area contributed by atoms with Crippen LogP contribution >= 0.6 is 0 Å². The molecule has 4 aromatic rings. The number of amides is 4. The Morgan fingerprint density at radius 3 is 0.844 bits per heavy atom. The highest BCUT2D eigenvalue weighted by atomic mass is 16.3. The number of hydrogen-bond donors (Lipinski definition) is 4. The van der Waals surface area contributed by atoms with Crippen molar-refractivity contribution in [3.63, 3.8) is 0 Å². The minimum Gasteiger partial charge on any atom is -0.388 e. The fourth-order valence-electron chi connectivity index (χ4n) is 9.59. The molecule has 4 rings (SSSR count). The van der Waals surface area contributed by atoms with Crippen molar-refractivity contribution in [2.24, 2.45) is 0 Å². The summed E-state index contributed by atoms with van der Waals surface area (Å²) >= 11 is 0. The van der Waals surface area contributed by atoms with Gasteiger partial charge < -0.3 is 20.4 Å². The molecule has 0 spiro atoms. The van der Waals surface area contributed by atoms with Crippen molar-refractivity contribution in [2.75, 3.05) is 65.4 Å². The molecule has 0 aliphatic rings.